The van der Waals surface area contributed by atoms with E-state index in [0.717, 1.165) is 32.6 Å². The third-order valence-corrected chi connectivity index (χ3v) is 3.43. The van der Waals surface area contributed by atoms with Crippen molar-refractivity contribution < 1.29 is 9.53 Å². The van der Waals surface area contributed by atoms with Gasteiger partial charge in [0.25, 0.3) is 0 Å². The lowest BCUT2D eigenvalue weighted by Crippen LogP contribution is -2.40. The number of alkyl carbamates (subject to hydrolysis) is 1. The molecule has 2 rings (SSSR count). The molecule has 5 heteroatoms. The second-order valence-corrected chi connectivity index (χ2v) is 6.29. The molecule has 0 aromatic rings. The number of amides is 1. The largest absolute Gasteiger partial charge is 0.444 e. The Morgan fingerprint density at radius 3 is 2.94 bits per heavy atom. The van der Waals surface area contributed by atoms with Crippen LogP contribution in [0.25, 0.3) is 0 Å². The van der Waals surface area contributed by atoms with Crippen LogP contribution < -0.4 is 10.6 Å². The first-order valence-corrected chi connectivity index (χ1v) is 6.88. The predicted molar refractivity (Wildman–Crippen MR) is 70.6 cm³/mol. The van der Waals surface area contributed by atoms with Crippen LogP contribution in [0.3, 0.4) is 0 Å². The number of ether oxygens (including phenoxy) is 1. The first kappa shape index (κ1) is 13.6. The number of nitrogens with one attached hydrogen (secondary N) is 2. The molecule has 0 aliphatic carbocycles. The summed E-state index contributed by atoms with van der Waals surface area (Å²) in [6, 6.07) is 0.789. The van der Waals surface area contributed by atoms with Crippen molar-refractivity contribution in [2.24, 2.45) is 0 Å². The minimum atomic E-state index is -0.422. The summed E-state index contributed by atoms with van der Waals surface area (Å²) < 4.78 is 5.29. The van der Waals surface area contributed by atoms with Crippen molar-refractivity contribution in [2.75, 3.05) is 26.2 Å². The molecule has 2 aliphatic rings. The van der Waals surface area contributed by atoms with Gasteiger partial charge < -0.3 is 15.4 Å². The Bertz CT molecular complexity index is 287. The molecule has 5 nitrogen and oxygen atoms in total. The van der Waals surface area contributed by atoms with Crippen LogP contribution in [0.2, 0.25) is 0 Å². The van der Waals surface area contributed by atoms with Crippen LogP contribution in [0.4, 0.5) is 4.79 Å². The lowest BCUT2D eigenvalue weighted by Gasteiger charge is -2.22. The van der Waals surface area contributed by atoms with Crippen molar-refractivity contribution in [3.8, 4) is 0 Å². The Morgan fingerprint density at radius 1 is 1.44 bits per heavy atom. The number of nitrogens with zero attached hydrogens (tertiary/aromatic N) is 1. The Hall–Kier alpha value is -0.810. The predicted octanol–water partition coefficient (Wildman–Crippen LogP) is 0.947. The molecule has 0 aromatic heterocycles. The molecule has 2 fully saturated rings. The van der Waals surface area contributed by atoms with E-state index in [0.29, 0.717) is 6.04 Å². The Kier molecular flexibility index (Phi) is 4.12. The van der Waals surface area contributed by atoms with E-state index < -0.39 is 5.60 Å². The van der Waals surface area contributed by atoms with Crippen molar-refractivity contribution >= 4 is 6.09 Å². The SMILES string of the molecule is CC(C)(C)OC(=O)N[C@@H]1C[C@H]2CNCCCN2C1. The molecule has 2 aliphatic heterocycles. The minimum absolute atomic E-state index is 0.227. The monoisotopic (exact) mass is 255 g/mol. The minimum Gasteiger partial charge on any atom is -0.444 e. The summed E-state index contributed by atoms with van der Waals surface area (Å²) in [5.41, 5.74) is -0.422. The number of hydrogen-bond acceptors (Lipinski definition) is 4. The lowest BCUT2D eigenvalue weighted by molar-refractivity contribution is 0.0506. The molecule has 0 bridgehead atoms. The average Bonchev–Trinajstić information content (AvgIpc) is 2.44. The average molecular weight is 255 g/mol. The molecule has 2 atom stereocenters. The summed E-state index contributed by atoms with van der Waals surface area (Å²) in [4.78, 5) is 14.2. The van der Waals surface area contributed by atoms with Gasteiger partial charge in [-0.1, -0.05) is 0 Å². The zero-order valence-corrected chi connectivity index (χ0v) is 11.7. The van der Waals surface area contributed by atoms with Gasteiger partial charge in [0.1, 0.15) is 5.60 Å². The molecule has 1 amide bonds. The summed E-state index contributed by atoms with van der Waals surface area (Å²) in [6.07, 6.45) is 1.92. The maximum atomic E-state index is 11.7. The zero-order chi connectivity index (χ0) is 13.2. The van der Waals surface area contributed by atoms with Gasteiger partial charge >= 0.3 is 6.09 Å². The van der Waals surface area contributed by atoms with E-state index in [1.165, 1.54) is 6.42 Å². The summed E-state index contributed by atoms with van der Waals surface area (Å²) in [5, 5.41) is 6.43. The smallest absolute Gasteiger partial charge is 0.407 e. The van der Waals surface area contributed by atoms with Crippen molar-refractivity contribution in [3.63, 3.8) is 0 Å². The van der Waals surface area contributed by atoms with E-state index in [1.54, 1.807) is 0 Å². The quantitative estimate of drug-likeness (QED) is 0.732. The second kappa shape index (κ2) is 5.45. The molecule has 0 saturated carbocycles. The summed E-state index contributed by atoms with van der Waals surface area (Å²) >= 11 is 0. The summed E-state index contributed by atoms with van der Waals surface area (Å²) in [7, 11) is 0. The van der Waals surface area contributed by atoms with E-state index >= 15 is 0 Å². The number of carbonyl (C=O) groups excluding carboxylic acids is 1. The third kappa shape index (κ3) is 3.85. The summed E-state index contributed by atoms with van der Waals surface area (Å²) in [5.74, 6) is 0. The zero-order valence-electron chi connectivity index (χ0n) is 11.7. The molecule has 2 heterocycles. The van der Waals surface area contributed by atoms with Gasteiger partial charge in [0.05, 0.1) is 0 Å². The van der Waals surface area contributed by atoms with Crippen LogP contribution in [-0.2, 0) is 4.74 Å². The van der Waals surface area contributed by atoms with Gasteiger partial charge in [-0.25, -0.2) is 4.79 Å². The van der Waals surface area contributed by atoms with E-state index in [4.69, 9.17) is 4.74 Å². The van der Waals surface area contributed by atoms with Crippen molar-refractivity contribution in [3.05, 3.63) is 0 Å². The molecule has 0 aromatic carbocycles. The fourth-order valence-corrected chi connectivity index (χ4v) is 2.73. The third-order valence-electron chi connectivity index (χ3n) is 3.43. The molecule has 2 N–H and O–H groups in total. The number of carbonyl (C=O) groups is 1. The highest BCUT2D eigenvalue weighted by atomic mass is 16.6. The molecule has 0 unspecified atom stereocenters. The van der Waals surface area contributed by atoms with Gasteiger partial charge in [-0.15, -0.1) is 0 Å². The molecule has 0 spiro atoms. The van der Waals surface area contributed by atoms with Crippen LogP contribution >= 0.6 is 0 Å². The van der Waals surface area contributed by atoms with E-state index in [9.17, 15) is 4.79 Å². The van der Waals surface area contributed by atoms with Crippen LogP contribution in [0, 0.1) is 0 Å². The Balaban J connectivity index is 1.80. The second-order valence-electron chi connectivity index (χ2n) is 6.29. The topological polar surface area (TPSA) is 53.6 Å². The lowest BCUT2D eigenvalue weighted by atomic mass is 10.1. The van der Waals surface area contributed by atoms with E-state index in [2.05, 4.69) is 15.5 Å². The van der Waals surface area contributed by atoms with Gasteiger partial charge in [-0.2, -0.15) is 0 Å². The van der Waals surface area contributed by atoms with Gasteiger partial charge in [0.15, 0.2) is 0 Å². The molecule has 2 saturated heterocycles. The van der Waals surface area contributed by atoms with Crippen molar-refractivity contribution in [1.82, 2.24) is 15.5 Å². The maximum Gasteiger partial charge on any atom is 0.407 e. The molecule has 18 heavy (non-hydrogen) atoms. The van der Waals surface area contributed by atoms with E-state index in [1.807, 2.05) is 20.8 Å². The van der Waals surface area contributed by atoms with Gasteiger partial charge in [0, 0.05) is 25.2 Å². The maximum absolute atomic E-state index is 11.7. The first-order chi connectivity index (χ1) is 8.44. The number of fused-ring (bicyclic) bond motifs is 1. The van der Waals surface area contributed by atoms with E-state index in [-0.39, 0.29) is 12.1 Å². The molecular formula is C13H25N3O2. The van der Waals surface area contributed by atoms with Gasteiger partial charge in [-0.3, -0.25) is 4.90 Å². The number of rotatable bonds is 1. The van der Waals surface area contributed by atoms with Gasteiger partial charge in [-0.05, 0) is 46.7 Å². The fraction of sp³-hybridized carbons (Fsp3) is 0.923. The standard InChI is InChI=1S/C13H25N3O2/c1-13(2,3)18-12(17)15-10-7-11-8-14-5-4-6-16(11)9-10/h10-11,14H,4-9H2,1-3H3,(H,15,17)/t10-,11+/m1/s1. The molecule has 104 valence electrons. The molecular weight excluding hydrogens is 230 g/mol. The van der Waals surface area contributed by atoms with Crippen LogP contribution in [0.5, 0.6) is 0 Å². The first-order valence-electron chi connectivity index (χ1n) is 6.88. The highest BCUT2D eigenvalue weighted by molar-refractivity contribution is 5.68. The van der Waals surface area contributed by atoms with Crippen molar-refractivity contribution in [1.29, 1.82) is 0 Å². The molecule has 0 radical (unpaired) electrons. The Morgan fingerprint density at radius 2 is 2.22 bits per heavy atom. The Labute approximate surface area is 109 Å². The number of hydrogen-bond donors (Lipinski definition) is 2. The van der Waals surface area contributed by atoms with Crippen LogP contribution in [-0.4, -0.2) is 54.9 Å². The summed E-state index contributed by atoms with van der Waals surface area (Å²) in [6.45, 7) is 9.88. The normalized spacial score (nSPS) is 29.5. The van der Waals surface area contributed by atoms with Crippen molar-refractivity contribution in [2.45, 2.75) is 51.3 Å². The fourth-order valence-electron chi connectivity index (χ4n) is 2.73. The highest BCUT2D eigenvalue weighted by Gasteiger charge is 2.33. The van der Waals surface area contributed by atoms with Crippen LogP contribution in [0.15, 0.2) is 0 Å². The van der Waals surface area contributed by atoms with Gasteiger partial charge in [0.2, 0.25) is 0 Å². The highest BCUT2D eigenvalue weighted by Crippen LogP contribution is 2.19. The van der Waals surface area contributed by atoms with Crippen LogP contribution in [0.1, 0.15) is 33.6 Å².